The van der Waals surface area contributed by atoms with Gasteiger partial charge in [0.05, 0.1) is 11.1 Å². The van der Waals surface area contributed by atoms with Crippen LogP contribution in [0, 0.1) is 18.6 Å². The smallest absolute Gasteiger partial charge is 0.355 e. The Hall–Kier alpha value is -3.92. The minimum Gasteiger partial charge on any atom is -0.363 e. The van der Waals surface area contributed by atoms with E-state index in [0.29, 0.717) is 35.1 Å². The van der Waals surface area contributed by atoms with Crippen molar-refractivity contribution in [1.82, 2.24) is 25.2 Å². The molecule has 0 atom stereocenters. The Kier molecular flexibility index (Phi) is 8.82. The first kappa shape index (κ1) is 29.6. The van der Waals surface area contributed by atoms with Crippen LogP contribution >= 0.6 is 12.2 Å². The molecule has 5 rings (SSSR count). The lowest BCUT2D eigenvalue weighted by Crippen LogP contribution is -2.48. The highest BCUT2D eigenvalue weighted by Crippen LogP contribution is 2.33. The lowest BCUT2D eigenvalue weighted by molar-refractivity contribution is 0.462. The predicted octanol–water partition coefficient (Wildman–Crippen LogP) is 6.00. The van der Waals surface area contributed by atoms with Gasteiger partial charge < -0.3 is 15.5 Å². The summed E-state index contributed by atoms with van der Waals surface area (Å²) in [6.45, 7) is 10.2. The summed E-state index contributed by atoms with van der Waals surface area (Å²) >= 11 is 5.41. The van der Waals surface area contributed by atoms with Gasteiger partial charge in [-0.3, -0.25) is 0 Å². The fourth-order valence-corrected chi connectivity index (χ4v) is 5.73. The van der Waals surface area contributed by atoms with Gasteiger partial charge in [0.25, 0.3) is 0 Å². The van der Waals surface area contributed by atoms with Crippen LogP contribution in [0.5, 0.6) is 0 Å². The van der Waals surface area contributed by atoms with Crippen LogP contribution in [0.4, 0.5) is 14.6 Å². The molecule has 42 heavy (non-hydrogen) atoms. The summed E-state index contributed by atoms with van der Waals surface area (Å²) in [5, 5.41) is 7.59. The molecule has 10 heteroatoms. The highest BCUT2D eigenvalue weighted by molar-refractivity contribution is 7.80. The average molecular weight is 591 g/mol. The first-order valence-corrected chi connectivity index (χ1v) is 14.9. The normalized spacial score (nSPS) is 14.0. The van der Waals surface area contributed by atoms with E-state index in [9.17, 15) is 9.18 Å². The predicted molar refractivity (Wildman–Crippen MR) is 169 cm³/mol. The van der Waals surface area contributed by atoms with E-state index < -0.39 is 17.3 Å². The number of anilines is 1. The number of benzene rings is 2. The van der Waals surface area contributed by atoms with Crippen LogP contribution in [0.1, 0.15) is 57.1 Å². The Labute approximate surface area is 250 Å². The maximum absolute atomic E-state index is 15.7. The second-order valence-electron chi connectivity index (χ2n) is 11.1. The fraction of sp³-hybridized carbons (Fsp3) is 0.375. The molecule has 1 aliphatic rings. The Morgan fingerprint density at radius 2 is 1.81 bits per heavy atom. The van der Waals surface area contributed by atoms with Crippen LogP contribution in [-0.2, 0) is 0 Å². The molecule has 1 saturated heterocycles. The number of rotatable bonds is 7. The van der Waals surface area contributed by atoms with Gasteiger partial charge in [-0.15, -0.1) is 0 Å². The van der Waals surface area contributed by atoms with Crippen molar-refractivity contribution >= 4 is 34.2 Å². The summed E-state index contributed by atoms with van der Waals surface area (Å²) < 4.78 is 32.0. The Morgan fingerprint density at radius 1 is 1.07 bits per heavy atom. The first-order chi connectivity index (χ1) is 20.2. The second-order valence-corrected chi connectivity index (χ2v) is 11.5. The van der Waals surface area contributed by atoms with E-state index in [2.05, 4.69) is 27.5 Å². The van der Waals surface area contributed by atoms with Gasteiger partial charge in [0.1, 0.15) is 23.1 Å². The van der Waals surface area contributed by atoms with E-state index in [1.807, 2.05) is 43.9 Å². The molecule has 0 radical (unpaired) electrons. The molecule has 0 spiro atoms. The van der Waals surface area contributed by atoms with Gasteiger partial charge in [0.2, 0.25) is 0 Å². The number of nitrogens with one attached hydrogen (secondary N) is 2. The molecule has 220 valence electrons. The summed E-state index contributed by atoms with van der Waals surface area (Å²) in [6, 6.07) is 13.3. The van der Waals surface area contributed by atoms with Gasteiger partial charge in [0.15, 0.2) is 10.8 Å². The summed E-state index contributed by atoms with van der Waals surface area (Å²) in [4.78, 5) is 25.0. The van der Waals surface area contributed by atoms with Crippen LogP contribution in [0.3, 0.4) is 0 Å². The molecule has 0 bridgehead atoms. The molecule has 0 saturated carbocycles. The maximum atomic E-state index is 15.7. The van der Waals surface area contributed by atoms with Crippen molar-refractivity contribution in [2.75, 3.05) is 24.5 Å². The zero-order chi connectivity index (χ0) is 30.0. The number of pyridine rings is 1. The number of piperidine rings is 1. The number of aromatic nitrogens is 3. The zero-order valence-corrected chi connectivity index (χ0v) is 25.2. The minimum absolute atomic E-state index is 0.0294. The topological polar surface area (TPSA) is 75.1 Å². The molecular formula is C32H36F2N6OS. The number of nitrogens with zero attached hydrogens (tertiary/aromatic N) is 4. The molecule has 2 N–H and O–H groups in total. The molecule has 2 aromatic heterocycles. The summed E-state index contributed by atoms with van der Waals surface area (Å²) in [5.41, 5.74) is 2.20. The summed E-state index contributed by atoms with van der Waals surface area (Å²) in [6.07, 6.45) is 2.51. The molecule has 7 nitrogen and oxygen atoms in total. The minimum atomic E-state index is -0.683. The van der Waals surface area contributed by atoms with Crippen molar-refractivity contribution in [3.8, 4) is 16.9 Å². The Bertz CT molecular complexity index is 1680. The third-order valence-corrected chi connectivity index (χ3v) is 7.90. The van der Waals surface area contributed by atoms with Gasteiger partial charge in [-0.05, 0) is 74.2 Å². The molecule has 0 aliphatic carbocycles. The number of hydrogen-bond donors (Lipinski definition) is 2. The lowest BCUT2D eigenvalue weighted by atomic mass is 9.98. The zero-order valence-electron chi connectivity index (χ0n) is 24.4. The number of halogens is 2. The number of hydrogen-bond acceptors (Lipinski definition) is 5. The van der Waals surface area contributed by atoms with E-state index in [1.54, 1.807) is 12.1 Å². The molecule has 0 amide bonds. The standard InChI is InChI=1S/C32H36F2N6OS/c1-5-14-35-31(42)36-21-12-15-39(16-13-21)29-24-18-26(34)28(22-8-6-7-9-25(22)33)37-30(24)40(32(41)38-29)27-11-10-20(4)17-23(27)19(2)3/h6-11,17-19,21H,5,12-16H2,1-4H3,(H2,35,36,42). The van der Waals surface area contributed by atoms with Gasteiger partial charge in [-0.2, -0.15) is 4.98 Å². The van der Waals surface area contributed by atoms with Crippen LogP contribution < -0.4 is 21.2 Å². The maximum Gasteiger partial charge on any atom is 0.355 e. The van der Waals surface area contributed by atoms with Crippen molar-refractivity contribution in [3.05, 3.63) is 81.8 Å². The van der Waals surface area contributed by atoms with E-state index in [1.165, 1.54) is 22.8 Å². The van der Waals surface area contributed by atoms with Crippen molar-refractivity contribution in [2.24, 2.45) is 0 Å². The van der Waals surface area contributed by atoms with E-state index >= 15 is 4.39 Å². The van der Waals surface area contributed by atoms with Crippen molar-refractivity contribution in [3.63, 3.8) is 0 Å². The van der Waals surface area contributed by atoms with E-state index in [-0.39, 0.29) is 28.9 Å². The summed E-state index contributed by atoms with van der Waals surface area (Å²) in [5.74, 6) is -0.804. The monoisotopic (exact) mass is 590 g/mol. The first-order valence-electron chi connectivity index (χ1n) is 14.5. The molecule has 1 fully saturated rings. The number of thiocarbonyl (C=S) groups is 1. The number of fused-ring (bicyclic) bond motifs is 1. The SMILES string of the molecule is CCCNC(=S)NC1CCN(c2nc(=O)n(-c3ccc(C)cc3C(C)C)c3nc(-c4ccccc4F)c(F)cc23)CC1. The van der Waals surface area contributed by atoms with Crippen LogP contribution in [0.15, 0.2) is 53.3 Å². The largest absolute Gasteiger partial charge is 0.363 e. The molecule has 1 aliphatic heterocycles. The second kappa shape index (κ2) is 12.5. The van der Waals surface area contributed by atoms with E-state index in [0.717, 1.165) is 36.9 Å². The van der Waals surface area contributed by atoms with E-state index in [4.69, 9.17) is 12.2 Å². The highest BCUT2D eigenvalue weighted by atomic mass is 32.1. The quantitative estimate of drug-likeness (QED) is 0.256. The van der Waals surface area contributed by atoms with Gasteiger partial charge in [-0.25, -0.2) is 23.1 Å². The molecule has 2 aromatic carbocycles. The fourth-order valence-electron chi connectivity index (χ4n) is 5.46. The molecule has 3 heterocycles. The Morgan fingerprint density at radius 3 is 2.50 bits per heavy atom. The molecule has 0 unspecified atom stereocenters. The highest BCUT2D eigenvalue weighted by Gasteiger charge is 2.26. The average Bonchev–Trinajstić information content (AvgIpc) is 2.97. The third kappa shape index (κ3) is 5.99. The lowest BCUT2D eigenvalue weighted by Gasteiger charge is -2.34. The van der Waals surface area contributed by atoms with Gasteiger partial charge >= 0.3 is 5.69 Å². The van der Waals surface area contributed by atoms with Crippen molar-refractivity contribution < 1.29 is 8.78 Å². The van der Waals surface area contributed by atoms with Crippen LogP contribution in [0.25, 0.3) is 28.0 Å². The third-order valence-electron chi connectivity index (χ3n) is 7.64. The molecular weight excluding hydrogens is 554 g/mol. The van der Waals surface area contributed by atoms with Gasteiger partial charge in [0, 0.05) is 31.2 Å². The van der Waals surface area contributed by atoms with Crippen LogP contribution in [0.2, 0.25) is 0 Å². The van der Waals surface area contributed by atoms with Crippen molar-refractivity contribution in [1.29, 1.82) is 0 Å². The number of aryl methyl sites for hydroxylation is 1. The van der Waals surface area contributed by atoms with Crippen LogP contribution in [-0.4, -0.2) is 45.3 Å². The van der Waals surface area contributed by atoms with Gasteiger partial charge in [-0.1, -0.05) is 50.6 Å². The molecule has 4 aromatic rings. The summed E-state index contributed by atoms with van der Waals surface area (Å²) in [7, 11) is 0. The Balaban J connectivity index is 1.64. The van der Waals surface area contributed by atoms with Crippen molar-refractivity contribution in [2.45, 2.75) is 58.9 Å².